The number of nitrogens with zero attached hydrogens (tertiary/aromatic N) is 2. The van der Waals surface area contributed by atoms with E-state index in [1.54, 1.807) is 10.9 Å². The predicted octanol–water partition coefficient (Wildman–Crippen LogP) is 5.26. The van der Waals surface area contributed by atoms with Gasteiger partial charge in [0, 0.05) is 29.1 Å². The van der Waals surface area contributed by atoms with Crippen LogP contribution in [0.2, 0.25) is 0 Å². The van der Waals surface area contributed by atoms with Crippen molar-refractivity contribution in [1.29, 1.82) is 0 Å². The van der Waals surface area contributed by atoms with Crippen molar-refractivity contribution in [1.82, 2.24) is 9.78 Å². The Labute approximate surface area is 139 Å². The van der Waals surface area contributed by atoms with Crippen LogP contribution >= 0.6 is 0 Å². The van der Waals surface area contributed by atoms with Crippen molar-refractivity contribution in [2.24, 2.45) is 0 Å². The Balaban J connectivity index is 2.84. The normalized spacial score (nSPS) is 12.5. The lowest BCUT2D eigenvalue weighted by atomic mass is 9.75. The van der Waals surface area contributed by atoms with E-state index in [9.17, 15) is 5.11 Å². The maximum atomic E-state index is 10.9. The van der Waals surface area contributed by atoms with Crippen LogP contribution in [0.1, 0.15) is 58.2 Å². The molecule has 3 nitrogen and oxygen atoms in total. The first kappa shape index (κ1) is 17.3. The van der Waals surface area contributed by atoms with E-state index in [2.05, 4.69) is 66.2 Å². The average Bonchev–Trinajstić information content (AvgIpc) is 2.84. The van der Waals surface area contributed by atoms with Gasteiger partial charge in [0.2, 0.25) is 0 Å². The van der Waals surface area contributed by atoms with Crippen molar-refractivity contribution in [3.8, 4) is 17.0 Å². The summed E-state index contributed by atoms with van der Waals surface area (Å²) in [4.78, 5) is 0. The molecule has 1 aromatic heterocycles. The fourth-order valence-electron chi connectivity index (χ4n) is 3.11. The summed E-state index contributed by atoms with van der Waals surface area (Å²) in [6.45, 7) is 18.6. The van der Waals surface area contributed by atoms with Crippen LogP contribution in [-0.2, 0) is 10.8 Å². The molecule has 0 aliphatic carbocycles. The fourth-order valence-corrected chi connectivity index (χ4v) is 3.11. The van der Waals surface area contributed by atoms with Gasteiger partial charge in [-0.25, -0.2) is 4.68 Å². The van der Waals surface area contributed by atoms with Crippen LogP contribution in [-0.4, -0.2) is 14.9 Å². The molecule has 0 amide bonds. The van der Waals surface area contributed by atoms with Crippen molar-refractivity contribution >= 4 is 6.20 Å². The van der Waals surface area contributed by atoms with E-state index >= 15 is 0 Å². The number of phenolic OH excluding ortho intramolecular Hbond substituents is 1. The van der Waals surface area contributed by atoms with Gasteiger partial charge in [0.1, 0.15) is 5.75 Å². The second kappa shape index (κ2) is 5.55. The van der Waals surface area contributed by atoms with Crippen LogP contribution < -0.4 is 0 Å². The molecule has 1 N–H and O–H groups in total. The Hall–Kier alpha value is -2.03. The minimum Gasteiger partial charge on any atom is -0.507 e. The van der Waals surface area contributed by atoms with Crippen LogP contribution in [0.25, 0.3) is 17.5 Å². The van der Waals surface area contributed by atoms with Gasteiger partial charge in [-0.3, -0.25) is 0 Å². The van der Waals surface area contributed by atoms with Crippen LogP contribution in [0, 0.1) is 6.92 Å². The molecular weight excluding hydrogens is 284 g/mol. The summed E-state index contributed by atoms with van der Waals surface area (Å²) in [6, 6.07) is 4.07. The lowest BCUT2D eigenvalue weighted by molar-refractivity contribution is 0.422. The molecule has 0 spiro atoms. The van der Waals surface area contributed by atoms with Crippen molar-refractivity contribution in [3.63, 3.8) is 0 Å². The standard InChI is InChI=1S/C20H28N2O/c1-9-22-11-10-16(21-22)14-12-15(19(3,4)5)18(23)17(13(14)2)20(6,7)8/h9-12,23H,1H2,2-8H3. The number of phenols is 1. The number of aromatic hydroxyl groups is 1. The molecule has 0 radical (unpaired) electrons. The molecule has 1 aromatic carbocycles. The molecule has 0 bridgehead atoms. The van der Waals surface area contributed by atoms with Crippen LogP contribution in [0.4, 0.5) is 0 Å². The Morgan fingerprint density at radius 1 is 1.13 bits per heavy atom. The minimum atomic E-state index is -0.148. The third-order valence-electron chi connectivity index (χ3n) is 4.19. The van der Waals surface area contributed by atoms with Gasteiger partial charge in [-0.2, -0.15) is 5.10 Å². The van der Waals surface area contributed by atoms with Gasteiger partial charge in [0.25, 0.3) is 0 Å². The van der Waals surface area contributed by atoms with Crippen LogP contribution in [0.15, 0.2) is 24.9 Å². The number of rotatable bonds is 2. The highest BCUT2D eigenvalue weighted by Gasteiger charge is 2.29. The molecule has 1 heterocycles. The Morgan fingerprint density at radius 3 is 2.17 bits per heavy atom. The summed E-state index contributed by atoms with van der Waals surface area (Å²) in [6.07, 6.45) is 3.57. The summed E-state index contributed by atoms with van der Waals surface area (Å²) in [5.41, 5.74) is 4.71. The van der Waals surface area contributed by atoms with Gasteiger partial charge >= 0.3 is 0 Å². The van der Waals surface area contributed by atoms with E-state index in [4.69, 9.17) is 0 Å². The van der Waals surface area contributed by atoms with Gasteiger partial charge in [-0.1, -0.05) is 48.1 Å². The number of hydrogen-bond acceptors (Lipinski definition) is 2. The molecule has 124 valence electrons. The molecule has 0 atom stereocenters. The smallest absolute Gasteiger partial charge is 0.123 e. The maximum absolute atomic E-state index is 10.9. The topological polar surface area (TPSA) is 38.0 Å². The Bertz CT molecular complexity index is 740. The number of benzene rings is 1. The van der Waals surface area contributed by atoms with Gasteiger partial charge in [-0.05, 0) is 35.4 Å². The van der Waals surface area contributed by atoms with E-state index in [1.165, 1.54) is 0 Å². The largest absolute Gasteiger partial charge is 0.507 e. The lowest BCUT2D eigenvalue weighted by Gasteiger charge is -2.30. The van der Waals surface area contributed by atoms with Crippen molar-refractivity contribution in [2.45, 2.75) is 59.3 Å². The van der Waals surface area contributed by atoms with Gasteiger partial charge in [0.15, 0.2) is 0 Å². The van der Waals surface area contributed by atoms with E-state index in [-0.39, 0.29) is 10.8 Å². The van der Waals surface area contributed by atoms with E-state index in [0.29, 0.717) is 5.75 Å². The summed E-state index contributed by atoms with van der Waals surface area (Å²) in [7, 11) is 0. The minimum absolute atomic E-state index is 0.145. The van der Waals surface area contributed by atoms with Gasteiger partial charge in [-0.15, -0.1) is 0 Å². The molecule has 2 aromatic rings. The highest BCUT2D eigenvalue weighted by atomic mass is 16.3. The summed E-state index contributed by atoms with van der Waals surface area (Å²) < 4.78 is 1.70. The molecule has 0 aliphatic heterocycles. The number of hydrogen-bond donors (Lipinski definition) is 1. The van der Waals surface area contributed by atoms with Crippen molar-refractivity contribution < 1.29 is 5.11 Å². The summed E-state index contributed by atoms with van der Waals surface area (Å²) >= 11 is 0. The van der Waals surface area contributed by atoms with Crippen LogP contribution in [0.5, 0.6) is 5.75 Å². The van der Waals surface area contributed by atoms with Gasteiger partial charge < -0.3 is 5.11 Å². The zero-order chi connectivity index (χ0) is 17.6. The molecule has 0 saturated heterocycles. The molecule has 3 heteroatoms. The Kier molecular flexibility index (Phi) is 4.18. The molecule has 0 unspecified atom stereocenters. The fraction of sp³-hybridized carbons (Fsp3) is 0.450. The highest BCUT2D eigenvalue weighted by molar-refractivity contribution is 5.71. The zero-order valence-electron chi connectivity index (χ0n) is 15.4. The first-order valence-electron chi connectivity index (χ1n) is 8.02. The Morgan fingerprint density at radius 2 is 1.74 bits per heavy atom. The quantitative estimate of drug-likeness (QED) is 0.821. The monoisotopic (exact) mass is 312 g/mol. The average molecular weight is 312 g/mol. The lowest BCUT2D eigenvalue weighted by Crippen LogP contribution is -2.19. The second-order valence-electron chi connectivity index (χ2n) is 8.18. The van der Waals surface area contributed by atoms with Gasteiger partial charge in [0.05, 0.1) is 5.69 Å². The first-order chi connectivity index (χ1) is 10.5. The summed E-state index contributed by atoms with van der Waals surface area (Å²) in [5, 5.41) is 15.5. The first-order valence-corrected chi connectivity index (χ1v) is 8.02. The molecule has 0 fully saturated rings. The van der Waals surface area contributed by atoms with E-state index in [1.807, 2.05) is 12.3 Å². The van der Waals surface area contributed by atoms with Crippen LogP contribution in [0.3, 0.4) is 0 Å². The second-order valence-corrected chi connectivity index (χ2v) is 8.18. The molecule has 2 rings (SSSR count). The highest BCUT2D eigenvalue weighted by Crippen LogP contribution is 2.44. The third-order valence-corrected chi connectivity index (χ3v) is 4.19. The summed E-state index contributed by atoms with van der Waals surface area (Å²) in [5.74, 6) is 0.411. The maximum Gasteiger partial charge on any atom is 0.123 e. The van der Waals surface area contributed by atoms with E-state index < -0.39 is 0 Å². The third kappa shape index (κ3) is 3.19. The molecule has 0 aliphatic rings. The number of aromatic nitrogens is 2. The SMILES string of the molecule is C=Cn1ccc(-c2cc(C(C)(C)C)c(O)c(C(C)(C)C)c2C)n1. The zero-order valence-corrected chi connectivity index (χ0v) is 15.4. The molecular formula is C20H28N2O. The van der Waals surface area contributed by atoms with E-state index in [0.717, 1.165) is 27.9 Å². The predicted molar refractivity (Wildman–Crippen MR) is 97.9 cm³/mol. The van der Waals surface area contributed by atoms with Crippen molar-refractivity contribution in [3.05, 3.63) is 41.6 Å². The molecule has 23 heavy (non-hydrogen) atoms. The van der Waals surface area contributed by atoms with Crippen molar-refractivity contribution in [2.75, 3.05) is 0 Å². The molecule has 0 saturated carbocycles.